The molecule has 3 heterocycles. The van der Waals surface area contributed by atoms with Crippen molar-refractivity contribution in [1.29, 1.82) is 0 Å². The molecule has 0 aliphatic carbocycles. The summed E-state index contributed by atoms with van der Waals surface area (Å²) >= 11 is 0. The van der Waals surface area contributed by atoms with Gasteiger partial charge < -0.3 is 14.2 Å². The lowest BCUT2D eigenvalue weighted by Crippen LogP contribution is -2.36. The van der Waals surface area contributed by atoms with E-state index < -0.39 is 10.0 Å². The van der Waals surface area contributed by atoms with E-state index in [4.69, 9.17) is 9.26 Å². The fourth-order valence-electron chi connectivity index (χ4n) is 3.68. The van der Waals surface area contributed by atoms with Gasteiger partial charge in [-0.15, -0.1) is 0 Å². The molecule has 1 amide bonds. The minimum Gasteiger partial charge on any atom is -0.489 e. The molecule has 9 heteroatoms. The number of hydrogen-bond acceptors (Lipinski definition) is 6. The van der Waals surface area contributed by atoms with E-state index >= 15 is 0 Å². The first-order valence-electron chi connectivity index (χ1n) is 8.88. The van der Waals surface area contributed by atoms with E-state index in [1.54, 1.807) is 17.0 Å². The molecule has 2 aromatic rings. The second-order valence-electron chi connectivity index (χ2n) is 6.79. The average Bonchev–Trinajstić information content (AvgIpc) is 3.29. The van der Waals surface area contributed by atoms with E-state index in [1.807, 2.05) is 6.92 Å². The Morgan fingerprint density at radius 3 is 2.78 bits per heavy atom. The maximum absolute atomic E-state index is 13.3. The van der Waals surface area contributed by atoms with Gasteiger partial charge in [-0.05, 0) is 31.9 Å². The van der Waals surface area contributed by atoms with Crippen LogP contribution >= 0.6 is 0 Å². The highest BCUT2D eigenvalue weighted by molar-refractivity contribution is 7.89. The lowest BCUT2D eigenvalue weighted by Gasteiger charge is -2.29. The lowest BCUT2D eigenvalue weighted by atomic mass is 10.2. The van der Waals surface area contributed by atoms with Crippen LogP contribution in [0.1, 0.15) is 37.3 Å². The molecule has 1 atom stereocenters. The molecule has 1 aromatic carbocycles. The number of aryl methyl sites for hydroxylation is 1. The van der Waals surface area contributed by atoms with Crippen LogP contribution in [0.5, 0.6) is 5.75 Å². The second-order valence-corrected chi connectivity index (χ2v) is 8.68. The number of ether oxygens (including phenoxy) is 1. The fourth-order valence-corrected chi connectivity index (χ4v) is 5.36. The molecule has 0 N–H and O–H groups in total. The summed E-state index contributed by atoms with van der Waals surface area (Å²) in [6, 6.07) is 6.08. The maximum Gasteiger partial charge on any atom is 0.243 e. The lowest BCUT2D eigenvalue weighted by molar-refractivity contribution is -0.116. The van der Waals surface area contributed by atoms with Crippen LogP contribution in [0, 0.1) is 6.92 Å². The zero-order valence-electron chi connectivity index (χ0n) is 15.2. The minimum absolute atomic E-state index is 0.101. The van der Waals surface area contributed by atoms with Gasteiger partial charge in [0.1, 0.15) is 12.4 Å². The molecule has 0 radical (unpaired) electrons. The second kappa shape index (κ2) is 6.65. The van der Waals surface area contributed by atoms with Crippen LogP contribution in [-0.2, 0) is 14.8 Å². The van der Waals surface area contributed by atoms with Crippen LogP contribution in [0.3, 0.4) is 0 Å². The number of anilines is 1. The number of amides is 1. The van der Waals surface area contributed by atoms with E-state index in [-0.39, 0.29) is 16.8 Å². The molecule has 1 saturated heterocycles. The number of carbonyl (C=O) groups excluding carboxylic acids is 1. The number of fused-ring (bicyclic) bond motifs is 1. The van der Waals surface area contributed by atoms with Crippen LogP contribution in [0.25, 0.3) is 0 Å². The highest BCUT2D eigenvalue weighted by Gasteiger charge is 2.39. The number of benzene rings is 1. The predicted molar refractivity (Wildman–Crippen MR) is 97.1 cm³/mol. The van der Waals surface area contributed by atoms with E-state index in [0.717, 1.165) is 12.1 Å². The van der Waals surface area contributed by atoms with Gasteiger partial charge in [0.2, 0.25) is 15.9 Å². The molecule has 27 heavy (non-hydrogen) atoms. The summed E-state index contributed by atoms with van der Waals surface area (Å²) in [5.41, 5.74) is 1.32. The fraction of sp³-hybridized carbons (Fsp3) is 0.444. The molecule has 1 fully saturated rings. The zero-order valence-corrected chi connectivity index (χ0v) is 16.0. The summed E-state index contributed by atoms with van der Waals surface area (Å²) < 4.78 is 38.9. The average molecular weight is 391 g/mol. The third-order valence-corrected chi connectivity index (χ3v) is 6.86. The number of sulfonamides is 1. The van der Waals surface area contributed by atoms with Gasteiger partial charge in [0, 0.05) is 25.6 Å². The Bertz CT molecular complexity index is 985. The summed E-state index contributed by atoms with van der Waals surface area (Å²) in [6.45, 7) is 4.49. The van der Waals surface area contributed by atoms with Crippen LogP contribution in [-0.4, -0.2) is 43.5 Å². The first-order chi connectivity index (χ1) is 12.9. The molecule has 4 rings (SSSR count). The van der Waals surface area contributed by atoms with Gasteiger partial charge in [-0.1, -0.05) is 5.16 Å². The van der Waals surface area contributed by atoms with Gasteiger partial charge in [0.15, 0.2) is 5.76 Å². The summed E-state index contributed by atoms with van der Waals surface area (Å²) in [6.07, 6.45) is 1.44. The quantitative estimate of drug-likeness (QED) is 0.797. The highest BCUT2D eigenvalue weighted by Crippen LogP contribution is 2.39. The Balaban J connectivity index is 1.69. The number of carbonyl (C=O) groups is 1. The van der Waals surface area contributed by atoms with Crippen molar-refractivity contribution in [1.82, 2.24) is 9.46 Å². The summed E-state index contributed by atoms with van der Waals surface area (Å²) in [5.74, 6) is 0.866. The molecular weight excluding hydrogens is 370 g/mol. The maximum atomic E-state index is 13.3. The van der Waals surface area contributed by atoms with Crippen molar-refractivity contribution in [2.24, 2.45) is 0 Å². The third-order valence-electron chi connectivity index (χ3n) is 4.96. The Morgan fingerprint density at radius 2 is 2.07 bits per heavy atom. The minimum atomic E-state index is -3.74. The number of rotatable bonds is 3. The van der Waals surface area contributed by atoms with E-state index in [2.05, 4.69) is 5.16 Å². The van der Waals surface area contributed by atoms with Crippen LogP contribution in [0.4, 0.5) is 5.69 Å². The smallest absolute Gasteiger partial charge is 0.243 e. The molecule has 1 aromatic heterocycles. The van der Waals surface area contributed by atoms with Crippen molar-refractivity contribution in [2.75, 3.05) is 24.6 Å². The Hall–Kier alpha value is -2.39. The Kier molecular flexibility index (Phi) is 4.43. The summed E-state index contributed by atoms with van der Waals surface area (Å²) in [7, 11) is -3.74. The first-order valence-corrected chi connectivity index (χ1v) is 10.3. The molecule has 0 saturated carbocycles. The zero-order chi connectivity index (χ0) is 19.2. The molecule has 144 valence electrons. The summed E-state index contributed by atoms with van der Waals surface area (Å²) in [5, 5.41) is 3.88. The molecule has 0 spiro atoms. The number of hydrogen-bond donors (Lipinski definition) is 0. The molecule has 2 aliphatic rings. The Morgan fingerprint density at radius 1 is 1.26 bits per heavy atom. The van der Waals surface area contributed by atoms with E-state index in [1.165, 1.54) is 23.4 Å². The van der Waals surface area contributed by atoms with Crippen LogP contribution < -0.4 is 9.64 Å². The van der Waals surface area contributed by atoms with Crippen molar-refractivity contribution >= 4 is 21.6 Å². The highest BCUT2D eigenvalue weighted by atomic mass is 32.2. The molecule has 8 nitrogen and oxygen atoms in total. The standard InChI is InChI=1S/C18H21N3O5S/c1-12-10-18(26-19-12)16-4-3-7-21(16)27(23,24)14-5-6-15-17(11-14)25-9-8-20(15)13(2)22/h5-6,10-11,16H,3-4,7-9H2,1-2H3/t16-/m0/s1. The van der Waals surface area contributed by atoms with Crippen molar-refractivity contribution in [2.45, 2.75) is 37.6 Å². The monoisotopic (exact) mass is 391 g/mol. The normalized spacial score (nSPS) is 20.4. The third kappa shape index (κ3) is 3.10. The van der Waals surface area contributed by atoms with Crippen LogP contribution in [0.2, 0.25) is 0 Å². The van der Waals surface area contributed by atoms with Crippen molar-refractivity contribution in [3.05, 3.63) is 35.7 Å². The molecule has 2 aliphatic heterocycles. The SMILES string of the molecule is CC(=O)N1CCOc2cc(S(=O)(=O)N3CCC[C@H]3c3cc(C)no3)ccc21. The topological polar surface area (TPSA) is 93.0 Å². The van der Waals surface area contributed by atoms with Gasteiger partial charge in [-0.25, -0.2) is 8.42 Å². The molecule has 0 unspecified atom stereocenters. The largest absolute Gasteiger partial charge is 0.489 e. The van der Waals surface area contributed by atoms with Crippen molar-refractivity contribution in [3.63, 3.8) is 0 Å². The molecular formula is C18H21N3O5S. The van der Waals surface area contributed by atoms with Crippen molar-refractivity contribution in [3.8, 4) is 5.75 Å². The van der Waals surface area contributed by atoms with Crippen molar-refractivity contribution < 1.29 is 22.5 Å². The van der Waals surface area contributed by atoms with Crippen LogP contribution in [0.15, 0.2) is 33.7 Å². The predicted octanol–water partition coefficient (Wildman–Crippen LogP) is 2.25. The van der Waals surface area contributed by atoms with Gasteiger partial charge in [0.25, 0.3) is 0 Å². The molecule has 0 bridgehead atoms. The van der Waals surface area contributed by atoms with E-state index in [0.29, 0.717) is 43.3 Å². The van der Waals surface area contributed by atoms with Gasteiger partial charge in [-0.3, -0.25) is 4.79 Å². The summed E-state index contributed by atoms with van der Waals surface area (Å²) in [4.78, 5) is 13.5. The first kappa shape index (κ1) is 18.0. The number of aromatic nitrogens is 1. The van der Waals surface area contributed by atoms with Gasteiger partial charge in [0.05, 0.1) is 28.9 Å². The Labute approximate surface area is 157 Å². The van der Waals surface area contributed by atoms with E-state index in [9.17, 15) is 13.2 Å². The van der Waals surface area contributed by atoms with Gasteiger partial charge >= 0.3 is 0 Å². The van der Waals surface area contributed by atoms with Gasteiger partial charge in [-0.2, -0.15) is 4.31 Å². The number of nitrogens with zero attached hydrogens (tertiary/aromatic N) is 3.